The van der Waals surface area contributed by atoms with Gasteiger partial charge in [0.15, 0.2) is 0 Å². The number of hydrogen-bond acceptors (Lipinski definition) is 3. The Bertz CT molecular complexity index is 514. The number of Topliss-reactive ketones (excluding diaryl/α,β-unsaturated/α-hetero) is 1. The number of fused-ring (bicyclic) bond motifs is 3. The van der Waals surface area contributed by atoms with Gasteiger partial charge in [0.05, 0.1) is 6.07 Å². The lowest BCUT2D eigenvalue weighted by Crippen LogP contribution is -2.46. The lowest BCUT2D eigenvalue weighted by Gasteiger charge is -2.48. The summed E-state index contributed by atoms with van der Waals surface area (Å²) in [5, 5.41) is 8.75. The normalized spacial score (nSPS) is 34.8. The monoisotopic (exact) mass is 284 g/mol. The fourth-order valence-corrected chi connectivity index (χ4v) is 4.32. The molecule has 0 saturated carbocycles. The number of carbonyl (C=O) groups excluding carboxylic acids is 1. The van der Waals surface area contributed by atoms with Crippen molar-refractivity contribution in [2.24, 2.45) is 17.8 Å². The Morgan fingerprint density at radius 2 is 2.24 bits per heavy atom. The van der Waals surface area contributed by atoms with Gasteiger partial charge in [-0.3, -0.25) is 4.79 Å². The maximum atomic E-state index is 12.1. The van der Waals surface area contributed by atoms with E-state index < -0.39 is 0 Å². The summed E-state index contributed by atoms with van der Waals surface area (Å²) < 4.78 is 0. The van der Waals surface area contributed by atoms with E-state index in [-0.39, 0.29) is 5.92 Å². The van der Waals surface area contributed by atoms with Crippen LogP contribution in [0.15, 0.2) is 23.9 Å². The number of nitrogens with zero attached hydrogens (tertiary/aromatic N) is 2. The molecule has 0 spiro atoms. The highest BCUT2D eigenvalue weighted by Gasteiger charge is 2.42. The second kappa shape index (κ2) is 6.05. The van der Waals surface area contributed by atoms with Crippen molar-refractivity contribution in [3.63, 3.8) is 0 Å². The molecule has 2 aliphatic carbocycles. The molecule has 112 valence electrons. The average Bonchev–Trinajstić information content (AvgIpc) is 2.49. The van der Waals surface area contributed by atoms with Crippen molar-refractivity contribution in [1.82, 2.24) is 4.90 Å². The van der Waals surface area contributed by atoms with Crippen LogP contribution < -0.4 is 0 Å². The standard InChI is InChI=1S/C18H24N2O/c1-13-7-8-15-14-5-4-6-18(21)16(14)9-10-17(15)20(13)12-3-2-11-19/h4-5,10,13-16H,2-3,6-9,12H2,1H3/t13?,14?,15-,16?/m0/s1. The lowest BCUT2D eigenvalue weighted by atomic mass is 9.66. The molecule has 0 aromatic heterocycles. The zero-order valence-corrected chi connectivity index (χ0v) is 12.8. The molecule has 3 heteroatoms. The van der Waals surface area contributed by atoms with E-state index in [0.29, 0.717) is 36.5 Å². The first-order valence-electron chi connectivity index (χ1n) is 8.25. The van der Waals surface area contributed by atoms with E-state index >= 15 is 0 Å². The number of ketones is 1. The van der Waals surface area contributed by atoms with Gasteiger partial charge in [-0.2, -0.15) is 5.26 Å². The van der Waals surface area contributed by atoms with Crippen molar-refractivity contribution in [1.29, 1.82) is 5.26 Å². The molecule has 0 amide bonds. The van der Waals surface area contributed by atoms with Gasteiger partial charge in [-0.15, -0.1) is 0 Å². The number of hydrogen-bond donors (Lipinski definition) is 0. The van der Waals surface area contributed by atoms with Gasteiger partial charge in [0.1, 0.15) is 5.78 Å². The van der Waals surface area contributed by atoms with E-state index in [4.69, 9.17) is 5.26 Å². The summed E-state index contributed by atoms with van der Waals surface area (Å²) in [7, 11) is 0. The third-order valence-corrected chi connectivity index (χ3v) is 5.43. The van der Waals surface area contributed by atoms with Crippen molar-refractivity contribution < 1.29 is 4.79 Å². The molecule has 4 atom stereocenters. The fraction of sp³-hybridized carbons (Fsp3) is 0.667. The number of unbranched alkanes of at least 4 members (excludes halogenated alkanes) is 1. The van der Waals surface area contributed by atoms with Crippen molar-refractivity contribution >= 4 is 5.78 Å². The van der Waals surface area contributed by atoms with Gasteiger partial charge in [0, 0.05) is 43.0 Å². The maximum Gasteiger partial charge on any atom is 0.140 e. The Balaban J connectivity index is 1.81. The molecule has 3 nitrogen and oxygen atoms in total. The average molecular weight is 284 g/mol. The van der Waals surface area contributed by atoms with Crippen LogP contribution in [0.4, 0.5) is 0 Å². The van der Waals surface area contributed by atoms with Gasteiger partial charge in [-0.05, 0) is 38.5 Å². The van der Waals surface area contributed by atoms with Crippen molar-refractivity contribution in [3.05, 3.63) is 23.9 Å². The van der Waals surface area contributed by atoms with Gasteiger partial charge >= 0.3 is 0 Å². The van der Waals surface area contributed by atoms with Gasteiger partial charge in [-0.1, -0.05) is 18.2 Å². The van der Waals surface area contributed by atoms with Crippen LogP contribution in [0.25, 0.3) is 0 Å². The van der Waals surface area contributed by atoms with Gasteiger partial charge in [-0.25, -0.2) is 0 Å². The molecule has 0 bridgehead atoms. The minimum Gasteiger partial charge on any atom is -0.372 e. The van der Waals surface area contributed by atoms with Crippen LogP contribution >= 0.6 is 0 Å². The SMILES string of the molecule is CC1CC[C@@H]2C(=CCC3C(=O)CC=CC32)N1CCCC#N. The van der Waals surface area contributed by atoms with Crippen LogP contribution in [-0.2, 0) is 4.79 Å². The third kappa shape index (κ3) is 2.64. The van der Waals surface area contributed by atoms with Crippen LogP contribution in [0.3, 0.4) is 0 Å². The summed E-state index contributed by atoms with van der Waals surface area (Å²) in [6, 6.07) is 2.80. The van der Waals surface area contributed by atoms with E-state index in [1.54, 1.807) is 0 Å². The molecule has 21 heavy (non-hydrogen) atoms. The Morgan fingerprint density at radius 3 is 3.05 bits per heavy atom. The van der Waals surface area contributed by atoms with Crippen LogP contribution in [0, 0.1) is 29.1 Å². The largest absolute Gasteiger partial charge is 0.372 e. The highest BCUT2D eigenvalue weighted by atomic mass is 16.1. The van der Waals surface area contributed by atoms with E-state index in [1.807, 2.05) is 0 Å². The van der Waals surface area contributed by atoms with Crippen molar-refractivity contribution in [3.8, 4) is 6.07 Å². The first-order valence-corrected chi connectivity index (χ1v) is 8.25. The van der Waals surface area contributed by atoms with E-state index in [0.717, 1.165) is 19.4 Å². The van der Waals surface area contributed by atoms with E-state index in [2.05, 4.69) is 36.1 Å². The molecule has 3 rings (SSSR count). The molecule has 1 aliphatic heterocycles. The van der Waals surface area contributed by atoms with Crippen molar-refractivity contribution in [2.75, 3.05) is 6.54 Å². The highest BCUT2D eigenvalue weighted by Crippen LogP contribution is 2.46. The molecule has 3 aliphatic rings. The lowest BCUT2D eigenvalue weighted by molar-refractivity contribution is -0.124. The summed E-state index contributed by atoms with van der Waals surface area (Å²) in [6.45, 7) is 3.27. The Labute approximate surface area is 127 Å². The second-order valence-electron chi connectivity index (χ2n) is 6.64. The van der Waals surface area contributed by atoms with E-state index in [1.165, 1.54) is 18.5 Å². The topological polar surface area (TPSA) is 44.1 Å². The summed E-state index contributed by atoms with van der Waals surface area (Å²) in [5.41, 5.74) is 1.45. The van der Waals surface area contributed by atoms with Crippen molar-refractivity contribution in [2.45, 2.75) is 51.5 Å². The predicted octanol–water partition coefficient (Wildman–Crippen LogP) is 3.44. The minimum atomic E-state index is 0.220. The minimum absolute atomic E-state index is 0.220. The zero-order valence-electron chi connectivity index (χ0n) is 12.8. The summed E-state index contributed by atoms with van der Waals surface area (Å²) >= 11 is 0. The first kappa shape index (κ1) is 14.4. The van der Waals surface area contributed by atoms with Crippen LogP contribution in [0.1, 0.15) is 45.4 Å². The number of nitriles is 1. The molecule has 3 unspecified atom stereocenters. The Hall–Kier alpha value is -1.56. The first-order chi connectivity index (χ1) is 10.2. The molecule has 0 N–H and O–H groups in total. The fourth-order valence-electron chi connectivity index (χ4n) is 4.32. The number of allylic oxidation sites excluding steroid dienone is 4. The van der Waals surface area contributed by atoms with Gasteiger partial charge in [0.25, 0.3) is 0 Å². The molecule has 1 saturated heterocycles. The smallest absolute Gasteiger partial charge is 0.140 e. The summed E-state index contributed by atoms with van der Waals surface area (Å²) in [4.78, 5) is 14.6. The highest BCUT2D eigenvalue weighted by molar-refractivity contribution is 5.84. The van der Waals surface area contributed by atoms with Gasteiger partial charge < -0.3 is 4.90 Å². The Kier molecular flexibility index (Phi) is 4.14. The molecular weight excluding hydrogens is 260 g/mol. The molecular formula is C18H24N2O. The summed E-state index contributed by atoms with van der Waals surface area (Å²) in [5.74, 6) is 1.57. The second-order valence-corrected chi connectivity index (χ2v) is 6.64. The molecule has 0 aromatic rings. The number of likely N-dealkylation sites (tertiary alicyclic amines) is 1. The van der Waals surface area contributed by atoms with Crippen LogP contribution in [0.2, 0.25) is 0 Å². The molecule has 0 aromatic carbocycles. The maximum absolute atomic E-state index is 12.1. The van der Waals surface area contributed by atoms with Crippen LogP contribution in [0.5, 0.6) is 0 Å². The Morgan fingerprint density at radius 1 is 1.38 bits per heavy atom. The summed E-state index contributed by atoms with van der Waals surface area (Å²) in [6.07, 6.45) is 12.2. The predicted molar refractivity (Wildman–Crippen MR) is 82.2 cm³/mol. The number of rotatable bonds is 3. The number of piperidine rings is 1. The number of carbonyl (C=O) groups is 1. The van der Waals surface area contributed by atoms with Crippen LogP contribution in [-0.4, -0.2) is 23.3 Å². The molecule has 1 fully saturated rings. The molecule has 0 radical (unpaired) electrons. The third-order valence-electron chi connectivity index (χ3n) is 5.43. The van der Waals surface area contributed by atoms with Gasteiger partial charge in [0.2, 0.25) is 0 Å². The van der Waals surface area contributed by atoms with E-state index in [9.17, 15) is 4.79 Å². The molecule has 1 heterocycles. The quantitative estimate of drug-likeness (QED) is 0.589. The zero-order chi connectivity index (χ0) is 14.8.